The van der Waals surface area contributed by atoms with Crippen molar-refractivity contribution in [3.05, 3.63) is 41.7 Å². The number of nitrogens with zero attached hydrogens (tertiary/aromatic N) is 4. The Labute approximate surface area is 178 Å². The van der Waals surface area contributed by atoms with Crippen molar-refractivity contribution in [3.63, 3.8) is 0 Å². The average molecular weight is 429 g/mol. The predicted molar refractivity (Wildman–Crippen MR) is 110 cm³/mol. The molecule has 1 aliphatic carbocycles. The van der Waals surface area contributed by atoms with Gasteiger partial charge in [-0.15, -0.1) is 10.2 Å². The molecule has 9 nitrogen and oxygen atoms in total. The molecule has 1 aliphatic heterocycles. The number of aromatic nitrogens is 3. The fraction of sp³-hybridized carbons (Fsp3) is 0.450. The predicted octanol–water partition coefficient (Wildman–Crippen LogP) is 2.16. The summed E-state index contributed by atoms with van der Waals surface area (Å²) >= 11 is 1.24. The Balaban J connectivity index is 1.42. The molecule has 4 rings (SSSR count). The molecule has 2 aromatic rings. The second-order valence-corrected chi connectivity index (χ2v) is 8.32. The lowest BCUT2D eigenvalue weighted by Crippen LogP contribution is -2.49. The van der Waals surface area contributed by atoms with Crippen LogP contribution in [0.25, 0.3) is 0 Å². The summed E-state index contributed by atoms with van der Waals surface area (Å²) in [6.07, 6.45) is 2.61. The molecule has 2 fully saturated rings. The summed E-state index contributed by atoms with van der Waals surface area (Å²) in [4.78, 5) is 38.0. The maximum Gasteiger partial charge on any atom is 0.344 e. The second-order valence-electron chi connectivity index (χ2n) is 7.38. The molecule has 0 spiro atoms. The van der Waals surface area contributed by atoms with Crippen molar-refractivity contribution in [2.75, 3.05) is 5.75 Å². The highest BCUT2D eigenvalue weighted by Crippen LogP contribution is 2.40. The molecule has 2 heterocycles. The van der Waals surface area contributed by atoms with Gasteiger partial charge in [0.2, 0.25) is 5.91 Å². The number of thioether (sulfide) groups is 1. The van der Waals surface area contributed by atoms with Crippen LogP contribution in [0.5, 0.6) is 0 Å². The van der Waals surface area contributed by atoms with E-state index in [0.29, 0.717) is 23.1 Å². The Kier molecular flexibility index (Phi) is 5.50. The Bertz CT molecular complexity index is 974. The van der Waals surface area contributed by atoms with Crippen LogP contribution in [-0.4, -0.2) is 43.4 Å². The van der Waals surface area contributed by atoms with Crippen molar-refractivity contribution in [2.24, 2.45) is 0 Å². The molecule has 1 aromatic carbocycles. The molecule has 0 bridgehead atoms. The van der Waals surface area contributed by atoms with Gasteiger partial charge < -0.3 is 9.88 Å². The molecule has 10 heteroatoms. The molecule has 4 amide bonds. The lowest BCUT2D eigenvalue weighted by Gasteiger charge is -2.25. The van der Waals surface area contributed by atoms with E-state index in [-0.39, 0.29) is 5.75 Å². The number of benzene rings is 1. The van der Waals surface area contributed by atoms with Gasteiger partial charge in [-0.25, -0.2) is 4.79 Å². The third-order valence-corrected chi connectivity index (χ3v) is 6.43. The molecule has 1 saturated heterocycles. The van der Waals surface area contributed by atoms with Crippen LogP contribution in [0.3, 0.4) is 0 Å². The molecular weight excluding hydrogens is 404 g/mol. The van der Waals surface area contributed by atoms with Crippen molar-refractivity contribution < 1.29 is 14.4 Å². The van der Waals surface area contributed by atoms with Crippen LogP contribution in [0.4, 0.5) is 4.79 Å². The van der Waals surface area contributed by atoms with E-state index in [0.717, 1.165) is 30.2 Å². The van der Waals surface area contributed by atoms with E-state index in [1.165, 1.54) is 11.8 Å². The third kappa shape index (κ3) is 3.55. The van der Waals surface area contributed by atoms with Crippen LogP contribution in [0.2, 0.25) is 0 Å². The fourth-order valence-corrected chi connectivity index (χ4v) is 4.48. The van der Waals surface area contributed by atoms with Crippen LogP contribution >= 0.6 is 11.8 Å². The zero-order valence-corrected chi connectivity index (χ0v) is 17.7. The van der Waals surface area contributed by atoms with Gasteiger partial charge >= 0.3 is 6.03 Å². The summed E-state index contributed by atoms with van der Waals surface area (Å²) in [6.45, 7) is 4.56. The van der Waals surface area contributed by atoms with Gasteiger partial charge in [-0.3, -0.25) is 15.0 Å². The summed E-state index contributed by atoms with van der Waals surface area (Å²) in [6, 6.07) is 8.40. The van der Waals surface area contributed by atoms with E-state index < -0.39 is 23.4 Å². The molecule has 1 atom stereocenters. The second kappa shape index (κ2) is 8.10. The molecule has 0 radical (unpaired) electrons. The smallest absolute Gasteiger partial charge is 0.318 e. The number of hydrogen-bond acceptors (Lipinski definition) is 6. The molecule has 2 aliphatic rings. The molecule has 1 aromatic heterocycles. The van der Waals surface area contributed by atoms with Crippen molar-refractivity contribution >= 4 is 29.6 Å². The zero-order chi connectivity index (χ0) is 21.3. The molecule has 158 valence electrons. The number of carbonyl (C=O) groups excluding carboxylic acids is 3. The number of urea groups is 1. The van der Waals surface area contributed by atoms with Crippen molar-refractivity contribution in [1.29, 1.82) is 0 Å². The van der Waals surface area contributed by atoms with Crippen molar-refractivity contribution in [3.8, 4) is 0 Å². The highest BCUT2D eigenvalue weighted by Gasteiger charge is 2.52. The van der Waals surface area contributed by atoms with Gasteiger partial charge in [0.15, 0.2) is 5.16 Å². The van der Waals surface area contributed by atoms with Gasteiger partial charge in [0.1, 0.15) is 11.4 Å². The first kappa shape index (κ1) is 20.4. The van der Waals surface area contributed by atoms with E-state index in [4.69, 9.17) is 0 Å². The summed E-state index contributed by atoms with van der Waals surface area (Å²) in [5, 5.41) is 12.6. The summed E-state index contributed by atoms with van der Waals surface area (Å²) in [5.74, 6) is 0.496. The van der Waals surface area contributed by atoms with Crippen LogP contribution in [0.15, 0.2) is 35.5 Å². The lowest BCUT2D eigenvalue weighted by molar-refractivity contribution is -0.138. The van der Waals surface area contributed by atoms with Crippen molar-refractivity contribution in [1.82, 2.24) is 30.5 Å². The Morgan fingerprint density at radius 1 is 1.23 bits per heavy atom. The van der Waals surface area contributed by atoms with E-state index in [1.807, 2.05) is 36.6 Å². The fourth-order valence-electron chi connectivity index (χ4n) is 3.67. The number of imide groups is 1. The number of hydrogen-bond donors (Lipinski definition) is 2. The first-order valence-corrected chi connectivity index (χ1v) is 11.1. The molecule has 0 unspecified atom stereocenters. The van der Waals surface area contributed by atoms with Crippen molar-refractivity contribution in [2.45, 2.75) is 56.3 Å². The normalized spacial score (nSPS) is 21.1. The van der Waals surface area contributed by atoms with Gasteiger partial charge in [0, 0.05) is 12.5 Å². The zero-order valence-electron chi connectivity index (χ0n) is 16.9. The number of nitrogens with one attached hydrogen (secondary N) is 2. The van der Waals surface area contributed by atoms with Crippen LogP contribution in [0.1, 0.15) is 50.4 Å². The Hall–Kier alpha value is -2.88. The summed E-state index contributed by atoms with van der Waals surface area (Å²) in [5.41, 5.74) is 1.94. The molecule has 1 saturated carbocycles. The number of rotatable bonds is 8. The van der Waals surface area contributed by atoms with E-state index in [1.54, 1.807) is 12.1 Å². The quantitative estimate of drug-likeness (QED) is 0.493. The highest BCUT2D eigenvalue weighted by molar-refractivity contribution is 7.99. The minimum Gasteiger partial charge on any atom is -0.318 e. The average Bonchev–Trinajstić information content (AvgIpc) is 3.48. The SMILES string of the molecule is CCn1c(SCC(=O)NN2C(=O)N[C@](CC)(c3ccccc3)C2=O)nnc1C1CC1. The molecular formula is C20H24N6O3S. The Morgan fingerprint density at radius 2 is 1.97 bits per heavy atom. The van der Waals surface area contributed by atoms with E-state index in [9.17, 15) is 14.4 Å². The molecule has 2 N–H and O–H groups in total. The van der Waals surface area contributed by atoms with Crippen LogP contribution in [0, 0.1) is 0 Å². The Morgan fingerprint density at radius 3 is 2.60 bits per heavy atom. The topological polar surface area (TPSA) is 109 Å². The highest BCUT2D eigenvalue weighted by atomic mass is 32.2. The van der Waals surface area contributed by atoms with Gasteiger partial charge in [-0.1, -0.05) is 49.0 Å². The van der Waals surface area contributed by atoms with E-state index in [2.05, 4.69) is 20.9 Å². The third-order valence-electron chi connectivity index (χ3n) is 5.46. The van der Waals surface area contributed by atoms with Crippen LogP contribution in [-0.2, 0) is 21.7 Å². The monoisotopic (exact) mass is 428 g/mol. The largest absolute Gasteiger partial charge is 0.344 e. The summed E-state index contributed by atoms with van der Waals surface area (Å²) < 4.78 is 2.01. The maximum absolute atomic E-state index is 13.1. The lowest BCUT2D eigenvalue weighted by atomic mass is 9.87. The number of carbonyl (C=O) groups is 3. The first-order chi connectivity index (χ1) is 14.5. The van der Waals surface area contributed by atoms with Crippen LogP contribution < -0.4 is 10.7 Å². The van der Waals surface area contributed by atoms with Gasteiger partial charge in [0.25, 0.3) is 5.91 Å². The standard InChI is InChI=1S/C20H24N6O3S/c1-3-20(14-8-6-5-7-9-14)17(28)26(18(29)21-20)24-15(27)12-30-19-23-22-16(13-10-11-13)25(19)4-2/h5-9,13H,3-4,10-12H2,1-2H3,(H,21,29)(H,24,27)/t20-/m1/s1. The maximum atomic E-state index is 13.1. The molecule has 30 heavy (non-hydrogen) atoms. The van der Waals surface area contributed by atoms with Gasteiger partial charge in [-0.05, 0) is 31.7 Å². The minimum atomic E-state index is -1.18. The van der Waals surface area contributed by atoms with Gasteiger partial charge in [-0.2, -0.15) is 5.01 Å². The minimum absolute atomic E-state index is 0.0182. The van der Waals surface area contributed by atoms with E-state index >= 15 is 0 Å². The first-order valence-electron chi connectivity index (χ1n) is 10.1. The summed E-state index contributed by atoms with van der Waals surface area (Å²) in [7, 11) is 0. The number of amides is 4. The number of hydrazine groups is 1. The van der Waals surface area contributed by atoms with Gasteiger partial charge in [0.05, 0.1) is 5.75 Å².